The Bertz CT molecular complexity index is 496. The van der Waals surface area contributed by atoms with Crippen molar-refractivity contribution in [1.82, 2.24) is 10.2 Å². The third kappa shape index (κ3) is 3.08. The van der Waals surface area contributed by atoms with Crippen LogP contribution in [0.2, 0.25) is 0 Å². The third-order valence-electron chi connectivity index (χ3n) is 4.02. The maximum atomic E-state index is 10.4. The zero-order chi connectivity index (χ0) is 14.7. The van der Waals surface area contributed by atoms with Crippen LogP contribution in [-0.2, 0) is 0 Å². The first-order valence-electron chi connectivity index (χ1n) is 7.10. The minimum Gasteiger partial charge on any atom is -0.508 e. The van der Waals surface area contributed by atoms with Crippen LogP contribution in [0.3, 0.4) is 0 Å². The van der Waals surface area contributed by atoms with Crippen molar-refractivity contribution in [3.05, 3.63) is 39.9 Å². The molecule has 1 atom stereocenters. The highest BCUT2D eigenvalue weighted by atomic mass is 79.9. The average molecular weight is 339 g/mol. The lowest BCUT2D eigenvalue weighted by molar-refractivity contribution is 0.171. The van der Waals surface area contributed by atoms with Gasteiger partial charge in [0.1, 0.15) is 5.75 Å². The van der Waals surface area contributed by atoms with Crippen LogP contribution < -0.4 is 5.32 Å². The molecule has 1 aliphatic heterocycles. The van der Waals surface area contributed by atoms with E-state index in [9.17, 15) is 5.11 Å². The van der Waals surface area contributed by atoms with Crippen LogP contribution >= 0.6 is 15.9 Å². The molecule has 1 aromatic carbocycles. The van der Waals surface area contributed by atoms with Gasteiger partial charge < -0.3 is 10.4 Å². The van der Waals surface area contributed by atoms with Gasteiger partial charge in [-0.05, 0) is 37.5 Å². The fraction of sp³-hybridized carbons (Fsp3) is 0.500. The monoisotopic (exact) mass is 338 g/mol. The Labute approximate surface area is 129 Å². The Morgan fingerprint density at radius 3 is 2.70 bits per heavy atom. The smallest absolute Gasteiger partial charge is 0.120 e. The first kappa shape index (κ1) is 15.5. The zero-order valence-electron chi connectivity index (χ0n) is 12.2. The molecule has 2 N–H and O–H groups in total. The Morgan fingerprint density at radius 1 is 1.45 bits per heavy atom. The summed E-state index contributed by atoms with van der Waals surface area (Å²) in [5.74, 6) is 0.397. The molecule has 1 fully saturated rings. The number of nitrogens with one attached hydrogen (secondary N) is 1. The van der Waals surface area contributed by atoms with Crippen LogP contribution in [0.1, 0.15) is 29.2 Å². The maximum absolute atomic E-state index is 10.4. The van der Waals surface area contributed by atoms with E-state index < -0.39 is 0 Å². The van der Waals surface area contributed by atoms with Crippen molar-refractivity contribution in [2.75, 3.05) is 26.2 Å². The lowest BCUT2D eigenvalue weighted by Gasteiger charge is -2.36. The summed E-state index contributed by atoms with van der Waals surface area (Å²) in [6.07, 6.45) is 2.79. The first-order chi connectivity index (χ1) is 9.56. The highest BCUT2D eigenvalue weighted by Gasteiger charge is 2.26. The summed E-state index contributed by atoms with van der Waals surface area (Å²) in [5.41, 5.74) is 3.23. The summed E-state index contributed by atoms with van der Waals surface area (Å²) >= 11 is 3.64. The van der Waals surface area contributed by atoms with Crippen LogP contribution in [0.4, 0.5) is 0 Å². The molecule has 1 aromatic rings. The number of piperazine rings is 1. The summed E-state index contributed by atoms with van der Waals surface area (Å²) in [6.45, 7) is 12.0. The van der Waals surface area contributed by atoms with Crippen molar-refractivity contribution in [2.24, 2.45) is 0 Å². The minimum absolute atomic E-state index is 0.200. The first-order valence-corrected chi connectivity index (χ1v) is 7.89. The van der Waals surface area contributed by atoms with Crippen molar-refractivity contribution in [3.8, 4) is 5.75 Å². The van der Waals surface area contributed by atoms with Crippen LogP contribution in [0.5, 0.6) is 5.75 Å². The predicted octanol–water partition coefficient (Wildman–Crippen LogP) is 3.29. The van der Waals surface area contributed by atoms with E-state index in [4.69, 9.17) is 0 Å². The standard InChI is InChI=1S/C16H23BrN2O/c1-4-5-13(19-8-6-18-7-9-19)15-12(3)16(17)11(2)10-14(15)20/h4,10,13,18,20H,1,5-9H2,2-3H3/t13-/m1/s1. The quantitative estimate of drug-likeness (QED) is 0.827. The molecular weight excluding hydrogens is 316 g/mol. The van der Waals surface area contributed by atoms with Gasteiger partial charge in [-0.3, -0.25) is 4.90 Å². The van der Waals surface area contributed by atoms with Crippen LogP contribution in [-0.4, -0.2) is 36.2 Å². The fourth-order valence-electron chi connectivity index (χ4n) is 2.97. The molecule has 20 heavy (non-hydrogen) atoms. The minimum atomic E-state index is 0.200. The van der Waals surface area contributed by atoms with Gasteiger partial charge in [-0.25, -0.2) is 0 Å². The molecule has 0 aliphatic carbocycles. The van der Waals surface area contributed by atoms with Gasteiger partial charge >= 0.3 is 0 Å². The molecule has 0 unspecified atom stereocenters. The molecule has 0 aromatic heterocycles. The molecule has 3 nitrogen and oxygen atoms in total. The van der Waals surface area contributed by atoms with Gasteiger partial charge in [0.25, 0.3) is 0 Å². The highest BCUT2D eigenvalue weighted by Crippen LogP contribution is 2.39. The van der Waals surface area contributed by atoms with E-state index in [1.54, 1.807) is 0 Å². The van der Waals surface area contributed by atoms with Crippen LogP contribution in [0.25, 0.3) is 0 Å². The summed E-state index contributed by atoms with van der Waals surface area (Å²) in [4.78, 5) is 2.43. The number of nitrogens with zero attached hydrogens (tertiary/aromatic N) is 1. The number of phenols is 1. The molecule has 4 heteroatoms. The maximum Gasteiger partial charge on any atom is 0.120 e. The van der Waals surface area contributed by atoms with Gasteiger partial charge in [0.05, 0.1) is 0 Å². The molecule has 1 aliphatic rings. The van der Waals surface area contributed by atoms with Crippen molar-refractivity contribution < 1.29 is 5.11 Å². The fourth-order valence-corrected chi connectivity index (χ4v) is 3.30. The van der Waals surface area contributed by atoms with Gasteiger partial charge in [0.2, 0.25) is 0 Å². The SMILES string of the molecule is C=CC[C@H](c1c(O)cc(C)c(Br)c1C)N1CCNCC1. The number of hydrogen-bond acceptors (Lipinski definition) is 3. The Morgan fingerprint density at radius 2 is 2.10 bits per heavy atom. The van der Waals surface area contributed by atoms with E-state index in [0.717, 1.165) is 53.8 Å². The van der Waals surface area contributed by atoms with Crippen LogP contribution in [0.15, 0.2) is 23.2 Å². The largest absolute Gasteiger partial charge is 0.508 e. The average Bonchev–Trinajstić information content (AvgIpc) is 2.45. The number of aryl methyl sites for hydroxylation is 1. The molecule has 1 heterocycles. The van der Waals surface area contributed by atoms with E-state index in [1.807, 2.05) is 19.1 Å². The Kier molecular flexibility index (Phi) is 5.24. The third-order valence-corrected chi connectivity index (χ3v) is 5.24. The number of aromatic hydroxyl groups is 1. The number of hydrogen-bond donors (Lipinski definition) is 2. The van der Waals surface area contributed by atoms with E-state index in [2.05, 4.69) is 39.6 Å². The lowest BCUT2D eigenvalue weighted by Crippen LogP contribution is -2.45. The molecule has 0 radical (unpaired) electrons. The highest BCUT2D eigenvalue weighted by molar-refractivity contribution is 9.10. The molecule has 0 bridgehead atoms. The molecular formula is C16H23BrN2O. The van der Waals surface area contributed by atoms with E-state index in [1.165, 1.54) is 0 Å². The van der Waals surface area contributed by atoms with Crippen molar-refractivity contribution in [1.29, 1.82) is 0 Å². The predicted molar refractivity (Wildman–Crippen MR) is 87.3 cm³/mol. The van der Waals surface area contributed by atoms with Crippen molar-refractivity contribution >= 4 is 15.9 Å². The van der Waals surface area contributed by atoms with Gasteiger partial charge in [-0.1, -0.05) is 22.0 Å². The van der Waals surface area contributed by atoms with Gasteiger partial charge in [0.15, 0.2) is 0 Å². The summed E-state index contributed by atoms with van der Waals surface area (Å²) in [5, 5.41) is 13.8. The molecule has 2 rings (SSSR count). The zero-order valence-corrected chi connectivity index (χ0v) is 13.8. The number of halogens is 1. The molecule has 0 saturated carbocycles. The van der Waals surface area contributed by atoms with Gasteiger partial charge in [-0.2, -0.15) is 0 Å². The van der Waals surface area contributed by atoms with E-state index >= 15 is 0 Å². The topological polar surface area (TPSA) is 35.5 Å². The van der Waals surface area contributed by atoms with Crippen LogP contribution in [0, 0.1) is 13.8 Å². The van der Waals surface area contributed by atoms with Crippen molar-refractivity contribution in [2.45, 2.75) is 26.3 Å². The Hall–Kier alpha value is -0.840. The summed E-state index contributed by atoms with van der Waals surface area (Å²) in [7, 11) is 0. The number of rotatable bonds is 4. The van der Waals surface area contributed by atoms with E-state index in [-0.39, 0.29) is 6.04 Å². The Balaban J connectivity index is 2.43. The second-order valence-corrected chi connectivity index (χ2v) is 6.18. The second-order valence-electron chi connectivity index (χ2n) is 5.39. The molecule has 0 spiro atoms. The summed E-state index contributed by atoms with van der Waals surface area (Å²) in [6, 6.07) is 2.05. The normalized spacial score (nSPS) is 17.9. The molecule has 1 saturated heterocycles. The number of benzene rings is 1. The van der Waals surface area contributed by atoms with Crippen molar-refractivity contribution in [3.63, 3.8) is 0 Å². The summed E-state index contributed by atoms with van der Waals surface area (Å²) < 4.78 is 1.09. The second kappa shape index (κ2) is 6.74. The molecule has 0 amide bonds. The number of phenolic OH excluding ortho intramolecular Hbond substituents is 1. The molecule has 110 valence electrons. The van der Waals surface area contributed by atoms with E-state index in [0.29, 0.717) is 5.75 Å². The van der Waals surface area contributed by atoms with Gasteiger partial charge in [0, 0.05) is 42.3 Å². The lowest BCUT2D eigenvalue weighted by atomic mass is 9.94. The van der Waals surface area contributed by atoms with Gasteiger partial charge in [-0.15, -0.1) is 6.58 Å².